The Morgan fingerprint density at radius 2 is 2.24 bits per heavy atom. The summed E-state index contributed by atoms with van der Waals surface area (Å²) in [5.74, 6) is 0.418. The summed E-state index contributed by atoms with van der Waals surface area (Å²) >= 11 is 1.63. The molecule has 0 aliphatic rings. The summed E-state index contributed by atoms with van der Waals surface area (Å²) in [7, 11) is 0. The first-order valence-corrected chi connectivity index (χ1v) is 7.64. The average Bonchev–Trinajstić information content (AvgIpc) is 2.88. The molecule has 1 amide bonds. The van der Waals surface area contributed by atoms with Crippen molar-refractivity contribution >= 4 is 17.2 Å². The third-order valence-corrected chi connectivity index (χ3v) is 4.15. The van der Waals surface area contributed by atoms with Gasteiger partial charge in [-0.1, -0.05) is 12.1 Å². The number of hydrogen-bond acceptors (Lipinski definition) is 4. The number of ether oxygens (including phenoxy) is 1. The van der Waals surface area contributed by atoms with Crippen molar-refractivity contribution in [2.45, 2.75) is 26.5 Å². The standard InChI is InChI=1S/C16H19NO3S/c1-11-6-7-21-15(11)9-17-16(19)10-20-14-5-3-4-13(8-14)12(2)18/h3-8,12,18H,9-10H2,1-2H3,(H,17,19). The molecule has 5 heteroatoms. The number of benzene rings is 1. The van der Waals surface area contributed by atoms with E-state index in [4.69, 9.17) is 4.74 Å². The first-order valence-electron chi connectivity index (χ1n) is 6.77. The second-order valence-electron chi connectivity index (χ2n) is 4.84. The number of nitrogens with one attached hydrogen (secondary N) is 1. The van der Waals surface area contributed by atoms with E-state index in [-0.39, 0.29) is 12.5 Å². The van der Waals surface area contributed by atoms with E-state index in [2.05, 4.69) is 5.32 Å². The number of carbonyl (C=O) groups excluding carboxylic acids is 1. The van der Waals surface area contributed by atoms with Gasteiger partial charge in [-0.15, -0.1) is 11.3 Å². The van der Waals surface area contributed by atoms with Gasteiger partial charge >= 0.3 is 0 Å². The highest BCUT2D eigenvalue weighted by Crippen LogP contribution is 2.18. The molecule has 0 fully saturated rings. The van der Waals surface area contributed by atoms with Gasteiger partial charge in [0.1, 0.15) is 5.75 Å². The minimum atomic E-state index is -0.552. The van der Waals surface area contributed by atoms with Crippen LogP contribution in [0.5, 0.6) is 5.75 Å². The molecular formula is C16H19NO3S. The number of carbonyl (C=O) groups is 1. The Morgan fingerprint density at radius 3 is 2.90 bits per heavy atom. The molecule has 112 valence electrons. The lowest BCUT2D eigenvalue weighted by Crippen LogP contribution is -2.28. The summed E-state index contributed by atoms with van der Waals surface area (Å²) in [6, 6.07) is 9.15. The Kier molecular flexibility index (Phi) is 5.36. The maximum Gasteiger partial charge on any atom is 0.258 e. The third kappa shape index (κ3) is 4.58. The van der Waals surface area contributed by atoms with E-state index in [0.29, 0.717) is 12.3 Å². The molecule has 0 saturated heterocycles. The van der Waals surface area contributed by atoms with Crippen LogP contribution in [0, 0.1) is 6.92 Å². The van der Waals surface area contributed by atoms with Gasteiger partial charge in [0.05, 0.1) is 12.6 Å². The van der Waals surface area contributed by atoms with Crippen LogP contribution < -0.4 is 10.1 Å². The summed E-state index contributed by atoms with van der Waals surface area (Å²) < 4.78 is 5.44. The van der Waals surface area contributed by atoms with E-state index < -0.39 is 6.10 Å². The second kappa shape index (κ2) is 7.24. The van der Waals surface area contributed by atoms with Crippen LogP contribution in [0.25, 0.3) is 0 Å². The molecule has 21 heavy (non-hydrogen) atoms. The van der Waals surface area contributed by atoms with E-state index in [1.807, 2.05) is 24.4 Å². The molecule has 1 atom stereocenters. The first-order chi connectivity index (χ1) is 10.1. The highest BCUT2D eigenvalue weighted by Gasteiger charge is 2.06. The molecule has 0 aliphatic heterocycles. The lowest BCUT2D eigenvalue weighted by molar-refractivity contribution is -0.123. The highest BCUT2D eigenvalue weighted by molar-refractivity contribution is 7.10. The van der Waals surface area contributed by atoms with Crippen molar-refractivity contribution in [2.75, 3.05) is 6.61 Å². The number of aliphatic hydroxyl groups is 1. The largest absolute Gasteiger partial charge is 0.484 e. The van der Waals surface area contributed by atoms with Crippen molar-refractivity contribution in [3.63, 3.8) is 0 Å². The van der Waals surface area contributed by atoms with Crippen molar-refractivity contribution < 1.29 is 14.6 Å². The first kappa shape index (κ1) is 15.5. The van der Waals surface area contributed by atoms with E-state index in [1.54, 1.807) is 36.5 Å². The third-order valence-electron chi connectivity index (χ3n) is 3.12. The van der Waals surface area contributed by atoms with Crippen LogP contribution in [0.3, 0.4) is 0 Å². The number of aryl methyl sites for hydroxylation is 1. The van der Waals surface area contributed by atoms with Gasteiger partial charge in [0.15, 0.2) is 6.61 Å². The van der Waals surface area contributed by atoms with E-state index in [1.165, 1.54) is 5.56 Å². The summed E-state index contributed by atoms with van der Waals surface area (Å²) in [5.41, 5.74) is 1.95. The van der Waals surface area contributed by atoms with Crippen LogP contribution in [0.2, 0.25) is 0 Å². The average molecular weight is 305 g/mol. The van der Waals surface area contributed by atoms with Crippen LogP contribution >= 0.6 is 11.3 Å². The van der Waals surface area contributed by atoms with Gasteiger partial charge in [0, 0.05) is 4.88 Å². The molecule has 4 nitrogen and oxygen atoms in total. The molecule has 0 spiro atoms. The van der Waals surface area contributed by atoms with Crippen molar-refractivity contribution in [3.8, 4) is 5.75 Å². The summed E-state index contributed by atoms with van der Waals surface area (Å²) in [5, 5.41) is 14.3. The lowest BCUT2D eigenvalue weighted by atomic mass is 10.1. The van der Waals surface area contributed by atoms with Crippen molar-refractivity contribution in [1.29, 1.82) is 0 Å². The lowest BCUT2D eigenvalue weighted by Gasteiger charge is -2.10. The fraction of sp³-hybridized carbons (Fsp3) is 0.312. The maximum absolute atomic E-state index is 11.8. The Morgan fingerprint density at radius 1 is 1.43 bits per heavy atom. The molecule has 0 saturated carbocycles. The Balaban J connectivity index is 1.81. The molecular weight excluding hydrogens is 286 g/mol. The summed E-state index contributed by atoms with van der Waals surface area (Å²) in [4.78, 5) is 12.9. The van der Waals surface area contributed by atoms with E-state index in [0.717, 1.165) is 10.4 Å². The van der Waals surface area contributed by atoms with Gasteiger partial charge in [0.2, 0.25) is 0 Å². The molecule has 0 bridgehead atoms. The van der Waals surface area contributed by atoms with Gasteiger partial charge in [-0.05, 0) is 48.6 Å². The van der Waals surface area contributed by atoms with Crippen LogP contribution in [0.4, 0.5) is 0 Å². The van der Waals surface area contributed by atoms with Gasteiger partial charge in [-0.3, -0.25) is 4.79 Å². The van der Waals surface area contributed by atoms with Gasteiger partial charge in [-0.2, -0.15) is 0 Å². The number of amides is 1. The molecule has 0 aliphatic carbocycles. The number of thiophene rings is 1. The molecule has 2 aromatic rings. The molecule has 0 radical (unpaired) electrons. The molecule has 1 aromatic carbocycles. The maximum atomic E-state index is 11.8. The number of rotatable bonds is 6. The van der Waals surface area contributed by atoms with Crippen molar-refractivity contribution in [1.82, 2.24) is 5.32 Å². The van der Waals surface area contributed by atoms with E-state index in [9.17, 15) is 9.90 Å². The zero-order chi connectivity index (χ0) is 15.2. The predicted molar refractivity (Wildman–Crippen MR) is 83.5 cm³/mol. The summed E-state index contributed by atoms with van der Waals surface area (Å²) in [6.45, 7) is 4.21. The molecule has 1 heterocycles. The normalized spacial score (nSPS) is 12.0. The molecule has 2 rings (SSSR count). The van der Waals surface area contributed by atoms with Crippen molar-refractivity contribution in [3.05, 3.63) is 51.7 Å². The predicted octanol–water partition coefficient (Wildman–Crippen LogP) is 2.81. The Labute approximate surface area is 128 Å². The smallest absolute Gasteiger partial charge is 0.258 e. The van der Waals surface area contributed by atoms with Crippen LogP contribution in [-0.2, 0) is 11.3 Å². The minimum Gasteiger partial charge on any atom is -0.484 e. The van der Waals surface area contributed by atoms with Crippen molar-refractivity contribution in [2.24, 2.45) is 0 Å². The minimum absolute atomic E-state index is 0.0340. The zero-order valence-electron chi connectivity index (χ0n) is 12.1. The molecule has 1 aromatic heterocycles. The quantitative estimate of drug-likeness (QED) is 0.863. The monoisotopic (exact) mass is 305 g/mol. The van der Waals surface area contributed by atoms with Gasteiger partial charge in [0.25, 0.3) is 5.91 Å². The van der Waals surface area contributed by atoms with Crippen LogP contribution in [0.15, 0.2) is 35.7 Å². The fourth-order valence-corrected chi connectivity index (χ4v) is 2.67. The summed E-state index contributed by atoms with van der Waals surface area (Å²) in [6.07, 6.45) is -0.552. The van der Waals surface area contributed by atoms with Gasteiger partial charge in [-0.25, -0.2) is 0 Å². The van der Waals surface area contributed by atoms with Crippen LogP contribution in [0.1, 0.15) is 29.0 Å². The number of hydrogen-bond donors (Lipinski definition) is 2. The second-order valence-corrected chi connectivity index (χ2v) is 5.84. The molecule has 2 N–H and O–H groups in total. The Hall–Kier alpha value is -1.85. The topological polar surface area (TPSA) is 58.6 Å². The highest BCUT2D eigenvalue weighted by atomic mass is 32.1. The Bertz CT molecular complexity index is 607. The SMILES string of the molecule is Cc1ccsc1CNC(=O)COc1cccc(C(C)O)c1. The zero-order valence-corrected chi connectivity index (χ0v) is 12.9. The number of aliphatic hydroxyl groups excluding tert-OH is 1. The van der Waals surface area contributed by atoms with E-state index >= 15 is 0 Å². The van der Waals surface area contributed by atoms with Gasteiger partial charge < -0.3 is 15.2 Å². The molecule has 1 unspecified atom stereocenters. The van der Waals surface area contributed by atoms with Crippen LogP contribution in [-0.4, -0.2) is 17.6 Å². The fourth-order valence-electron chi connectivity index (χ4n) is 1.83.